The first kappa shape index (κ1) is 27.6. The van der Waals surface area contributed by atoms with Gasteiger partial charge < -0.3 is 26.2 Å². The van der Waals surface area contributed by atoms with E-state index in [2.05, 4.69) is 15.6 Å². The fourth-order valence-electron chi connectivity index (χ4n) is 4.18. The van der Waals surface area contributed by atoms with E-state index in [1.165, 1.54) is 12.3 Å². The predicted molar refractivity (Wildman–Crippen MR) is 135 cm³/mol. The number of benzene rings is 2. The summed E-state index contributed by atoms with van der Waals surface area (Å²) in [7, 11) is 0. The number of aromatic nitrogens is 1. The van der Waals surface area contributed by atoms with Gasteiger partial charge in [0.15, 0.2) is 0 Å². The molecule has 0 radical (unpaired) electrons. The Morgan fingerprint density at radius 1 is 0.974 bits per heavy atom. The van der Waals surface area contributed by atoms with E-state index in [0.29, 0.717) is 22.8 Å². The number of anilines is 4. The number of carbonyl (C=O) groups is 2. The van der Waals surface area contributed by atoms with Crippen LogP contribution in [0.4, 0.5) is 44.8 Å². The maximum Gasteiger partial charge on any atom is 0.471 e. The van der Waals surface area contributed by atoms with E-state index >= 15 is 0 Å². The molecule has 2 amide bonds. The molecule has 0 atom stereocenters. The number of amides is 2. The second kappa shape index (κ2) is 11.5. The van der Waals surface area contributed by atoms with Crippen LogP contribution >= 0.6 is 0 Å². The highest BCUT2D eigenvalue weighted by Gasteiger charge is 2.43. The predicted octanol–water partition coefficient (Wildman–Crippen LogP) is 3.95. The molecule has 3 aromatic rings. The molecule has 2 aromatic carbocycles. The maximum atomic E-state index is 14.1. The third-order valence-electron chi connectivity index (χ3n) is 6.18. The number of hydrogen-bond donors (Lipinski definition) is 3. The molecule has 13 heteroatoms. The lowest BCUT2D eigenvalue weighted by Gasteiger charge is -2.36. The number of piperazine rings is 1. The zero-order valence-corrected chi connectivity index (χ0v) is 20.6. The van der Waals surface area contributed by atoms with Crippen molar-refractivity contribution in [1.82, 2.24) is 9.88 Å². The van der Waals surface area contributed by atoms with Crippen molar-refractivity contribution in [2.75, 3.05) is 41.7 Å². The molecule has 0 aliphatic carbocycles. The highest BCUT2D eigenvalue weighted by molar-refractivity contribution is 5.82. The van der Waals surface area contributed by atoms with Crippen molar-refractivity contribution >= 4 is 34.7 Å². The zero-order chi connectivity index (χ0) is 28.2. The van der Waals surface area contributed by atoms with Gasteiger partial charge in [0.2, 0.25) is 5.91 Å². The fraction of sp³-hybridized carbons (Fsp3) is 0.269. The summed E-state index contributed by atoms with van der Waals surface area (Å²) in [6.07, 6.45) is -3.58. The Morgan fingerprint density at radius 3 is 2.21 bits per heavy atom. The van der Waals surface area contributed by atoms with E-state index in [1.54, 1.807) is 30.3 Å². The smallest absolute Gasteiger partial charge is 0.380 e. The van der Waals surface area contributed by atoms with Gasteiger partial charge in [0, 0.05) is 73.2 Å². The Bertz CT molecular complexity index is 1320. The van der Waals surface area contributed by atoms with Crippen LogP contribution in [-0.2, 0) is 22.6 Å². The quantitative estimate of drug-likeness (QED) is 0.369. The molecule has 1 aliphatic heterocycles. The van der Waals surface area contributed by atoms with Crippen LogP contribution in [0.1, 0.15) is 11.1 Å². The molecule has 4 N–H and O–H groups in total. The summed E-state index contributed by atoms with van der Waals surface area (Å²) in [5.74, 6) is -3.47. The van der Waals surface area contributed by atoms with E-state index in [1.807, 2.05) is 4.90 Å². The van der Waals surface area contributed by atoms with Gasteiger partial charge in [-0.1, -0.05) is 6.07 Å². The summed E-state index contributed by atoms with van der Waals surface area (Å²) < 4.78 is 66.1. The lowest BCUT2D eigenvalue weighted by atomic mass is 10.1. The third-order valence-corrected chi connectivity index (χ3v) is 6.18. The molecule has 1 saturated heterocycles. The van der Waals surface area contributed by atoms with Crippen molar-refractivity contribution in [2.24, 2.45) is 5.73 Å². The Labute approximate surface area is 220 Å². The second-order valence-electron chi connectivity index (χ2n) is 8.87. The fourth-order valence-corrected chi connectivity index (χ4v) is 4.18. The number of rotatable bonds is 8. The topological polar surface area (TPSA) is 104 Å². The Balaban J connectivity index is 1.43. The number of nitrogens with zero attached hydrogens (tertiary/aromatic N) is 3. The molecule has 39 heavy (non-hydrogen) atoms. The van der Waals surface area contributed by atoms with Gasteiger partial charge in [-0.05, 0) is 36.4 Å². The highest BCUT2D eigenvalue weighted by atomic mass is 19.4. The molecule has 206 valence electrons. The number of nitrogens with one attached hydrogen (secondary N) is 2. The number of hydrogen-bond acceptors (Lipinski definition) is 6. The van der Waals surface area contributed by atoms with E-state index in [-0.39, 0.29) is 44.7 Å². The summed E-state index contributed by atoms with van der Waals surface area (Å²) in [5, 5.41) is 6.05. The van der Waals surface area contributed by atoms with Crippen molar-refractivity contribution in [3.63, 3.8) is 0 Å². The molecular weight excluding hydrogens is 523 g/mol. The lowest BCUT2D eigenvalue weighted by Crippen LogP contribution is -2.52. The first-order valence-electron chi connectivity index (χ1n) is 11.9. The normalized spacial score (nSPS) is 13.8. The molecule has 8 nitrogen and oxygen atoms in total. The first-order valence-corrected chi connectivity index (χ1v) is 11.9. The van der Waals surface area contributed by atoms with Crippen molar-refractivity contribution < 1.29 is 31.5 Å². The number of nitrogens with two attached hydrogens (primary N) is 1. The van der Waals surface area contributed by atoms with E-state index in [4.69, 9.17) is 5.73 Å². The minimum absolute atomic E-state index is 0.0352. The molecule has 0 bridgehead atoms. The van der Waals surface area contributed by atoms with E-state index in [0.717, 1.165) is 22.7 Å². The first-order chi connectivity index (χ1) is 18.5. The molecule has 2 heterocycles. The summed E-state index contributed by atoms with van der Waals surface area (Å²) >= 11 is 0. The zero-order valence-electron chi connectivity index (χ0n) is 20.6. The molecule has 0 unspecified atom stereocenters. The number of alkyl halides is 3. The Hall–Kier alpha value is -4.42. The number of primary amides is 1. The van der Waals surface area contributed by atoms with Crippen molar-refractivity contribution in [3.8, 4) is 0 Å². The van der Waals surface area contributed by atoms with Gasteiger partial charge in [-0.2, -0.15) is 13.2 Å². The maximum absolute atomic E-state index is 14.1. The van der Waals surface area contributed by atoms with Gasteiger partial charge in [0.05, 0.1) is 6.42 Å². The van der Waals surface area contributed by atoms with Crippen molar-refractivity contribution in [3.05, 3.63) is 77.5 Å². The minimum Gasteiger partial charge on any atom is -0.380 e. The van der Waals surface area contributed by atoms with E-state index in [9.17, 15) is 31.5 Å². The molecule has 4 rings (SSSR count). The Morgan fingerprint density at radius 2 is 1.62 bits per heavy atom. The Kier molecular flexibility index (Phi) is 8.17. The van der Waals surface area contributed by atoms with Crippen molar-refractivity contribution in [1.29, 1.82) is 0 Å². The summed E-state index contributed by atoms with van der Waals surface area (Å²) in [6.45, 7) is 0.271. The molecule has 1 aliphatic rings. The summed E-state index contributed by atoms with van der Waals surface area (Å²) in [4.78, 5) is 29.9. The van der Waals surface area contributed by atoms with Crippen LogP contribution in [0, 0.1) is 11.6 Å². The van der Waals surface area contributed by atoms with Crippen LogP contribution in [0.2, 0.25) is 0 Å². The average molecular weight is 549 g/mol. The summed E-state index contributed by atoms with van der Waals surface area (Å²) in [6, 6.07) is 12.2. The van der Waals surface area contributed by atoms with Crippen LogP contribution in [0.25, 0.3) is 0 Å². The van der Waals surface area contributed by atoms with Crippen LogP contribution in [0.15, 0.2) is 54.7 Å². The SMILES string of the molecule is NC(=O)Cc1cnc(Nc2ccc(N3CCN(C(=O)C(F)(F)F)CC3)cc2)cc1NCc1c(F)cccc1F. The standard InChI is InChI=1S/C26H25F5N6O2/c27-20-2-1-3-21(28)19(20)15-33-22-13-24(34-14-16(22)12-23(32)38)35-17-4-6-18(7-5-17)36-8-10-37(11-9-36)25(39)26(29,30)31/h1-7,13-14H,8-12,15H2,(H2,32,38)(H2,33,34,35). The highest BCUT2D eigenvalue weighted by Crippen LogP contribution is 2.26. The molecule has 0 spiro atoms. The lowest BCUT2D eigenvalue weighted by molar-refractivity contribution is -0.185. The van der Waals surface area contributed by atoms with Gasteiger partial charge in [-0.25, -0.2) is 13.8 Å². The van der Waals surface area contributed by atoms with Crippen LogP contribution in [-0.4, -0.2) is 54.1 Å². The molecule has 1 aromatic heterocycles. The average Bonchev–Trinajstić information content (AvgIpc) is 2.89. The molecule has 0 saturated carbocycles. The van der Waals surface area contributed by atoms with E-state index < -0.39 is 29.6 Å². The number of halogens is 5. The molecular formula is C26H25F5N6O2. The second-order valence-corrected chi connectivity index (χ2v) is 8.87. The van der Waals surface area contributed by atoms with Gasteiger partial charge in [-0.15, -0.1) is 0 Å². The monoisotopic (exact) mass is 548 g/mol. The number of pyridine rings is 1. The third kappa shape index (κ3) is 6.92. The van der Waals surface area contributed by atoms with Crippen molar-refractivity contribution in [2.45, 2.75) is 19.1 Å². The van der Waals surface area contributed by atoms with Gasteiger partial charge in [-0.3, -0.25) is 9.59 Å². The molecule has 1 fully saturated rings. The van der Waals surface area contributed by atoms with Gasteiger partial charge >= 0.3 is 12.1 Å². The van der Waals surface area contributed by atoms with Crippen LogP contribution in [0.3, 0.4) is 0 Å². The number of carbonyl (C=O) groups excluding carboxylic acids is 2. The van der Waals surface area contributed by atoms with Gasteiger partial charge in [0.25, 0.3) is 0 Å². The largest absolute Gasteiger partial charge is 0.471 e. The van der Waals surface area contributed by atoms with Gasteiger partial charge in [0.1, 0.15) is 17.5 Å². The minimum atomic E-state index is -4.88. The summed E-state index contributed by atoms with van der Waals surface area (Å²) in [5.41, 5.74) is 7.45. The van der Waals surface area contributed by atoms with Crippen LogP contribution in [0.5, 0.6) is 0 Å². The van der Waals surface area contributed by atoms with Crippen LogP contribution < -0.4 is 21.3 Å².